The minimum atomic E-state index is -0.0388. The smallest absolute Gasteiger partial charge is 0.0772 e. The third-order valence-corrected chi connectivity index (χ3v) is 2.66. The maximum Gasteiger partial charge on any atom is 0.0772 e. The van der Waals surface area contributed by atoms with Crippen LogP contribution in [0, 0.1) is 0 Å². The van der Waals surface area contributed by atoms with Gasteiger partial charge in [-0.25, -0.2) is 0 Å². The van der Waals surface area contributed by atoms with Crippen molar-refractivity contribution in [3.8, 4) is 0 Å². The number of methoxy groups -OCH3 is 1. The van der Waals surface area contributed by atoms with Crippen LogP contribution in [0.25, 0.3) is 0 Å². The van der Waals surface area contributed by atoms with Crippen LogP contribution < -0.4 is 11.1 Å². The first-order valence-electron chi connectivity index (χ1n) is 5.06. The first kappa shape index (κ1) is 12.9. The van der Waals surface area contributed by atoms with Crippen LogP contribution in [0.1, 0.15) is 33.6 Å². The third kappa shape index (κ3) is 5.24. The molecule has 0 fully saturated rings. The minimum Gasteiger partial charge on any atom is -0.377 e. The van der Waals surface area contributed by atoms with E-state index < -0.39 is 0 Å². The van der Waals surface area contributed by atoms with Gasteiger partial charge < -0.3 is 15.8 Å². The van der Waals surface area contributed by atoms with Crippen molar-refractivity contribution in [2.75, 3.05) is 20.2 Å². The quantitative estimate of drug-likeness (QED) is 0.629. The SMILES string of the molecule is CCC(C)(CNC(C)CCN)OC. The van der Waals surface area contributed by atoms with E-state index >= 15 is 0 Å². The highest BCUT2D eigenvalue weighted by molar-refractivity contribution is 4.77. The van der Waals surface area contributed by atoms with Crippen molar-refractivity contribution in [2.24, 2.45) is 5.73 Å². The molecule has 0 aromatic carbocycles. The van der Waals surface area contributed by atoms with Crippen LogP contribution in [-0.4, -0.2) is 31.8 Å². The predicted molar refractivity (Wildman–Crippen MR) is 56.8 cm³/mol. The van der Waals surface area contributed by atoms with Crippen molar-refractivity contribution in [2.45, 2.75) is 45.3 Å². The van der Waals surface area contributed by atoms with Crippen molar-refractivity contribution in [1.82, 2.24) is 5.32 Å². The molecule has 0 aliphatic rings. The summed E-state index contributed by atoms with van der Waals surface area (Å²) in [5.41, 5.74) is 5.42. The van der Waals surface area contributed by atoms with Crippen molar-refractivity contribution in [1.29, 1.82) is 0 Å². The Bertz CT molecular complexity index is 124. The minimum absolute atomic E-state index is 0.0388. The van der Waals surface area contributed by atoms with E-state index in [-0.39, 0.29) is 5.60 Å². The van der Waals surface area contributed by atoms with Crippen molar-refractivity contribution in [3.63, 3.8) is 0 Å². The van der Waals surface area contributed by atoms with E-state index in [0.717, 1.165) is 25.9 Å². The lowest BCUT2D eigenvalue weighted by Gasteiger charge is -2.28. The summed E-state index contributed by atoms with van der Waals surface area (Å²) in [6.07, 6.45) is 2.04. The second kappa shape index (κ2) is 6.35. The molecule has 0 aromatic rings. The summed E-state index contributed by atoms with van der Waals surface area (Å²) < 4.78 is 5.42. The largest absolute Gasteiger partial charge is 0.377 e. The molecule has 80 valence electrons. The van der Waals surface area contributed by atoms with Gasteiger partial charge in [-0.15, -0.1) is 0 Å². The molecule has 13 heavy (non-hydrogen) atoms. The molecule has 3 heteroatoms. The maximum absolute atomic E-state index is 5.46. The van der Waals surface area contributed by atoms with Crippen LogP contribution in [-0.2, 0) is 4.74 Å². The number of ether oxygens (including phenoxy) is 1. The lowest BCUT2D eigenvalue weighted by molar-refractivity contribution is 0.00190. The van der Waals surface area contributed by atoms with Gasteiger partial charge >= 0.3 is 0 Å². The Kier molecular flexibility index (Phi) is 6.29. The maximum atomic E-state index is 5.46. The molecule has 0 rings (SSSR count). The van der Waals surface area contributed by atoms with Gasteiger partial charge in [0.15, 0.2) is 0 Å². The van der Waals surface area contributed by atoms with E-state index in [1.807, 2.05) is 0 Å². The zero-order valence-corrected chi connectivity index (χ0v) is 9.39. The molecule has 0 aromatic heterocycles. The van der Waals surface area contributed by atoms with Crippen molar-refractivity contribution in [3.05, 3.63) is 0 Å². The monoisotopic (exact) mass is 188 g/mol. The molecule has 0 amide bonds. The van der Waals surface area contributed by atoms with E-state index in [4.69, 9.17) is 10.5 Å². The highest BCUT2D eigenvalue weighted by Gasteiger charge is 2.20. The second-order valence-corrected chi connectivity index (χ2v) is 3.87. The van der Waals surface area contributed by atoms with E-state index in [1.165, 1.54) is 0 Å². The highest BCUT2D eigenvalue weighted by atomic mass is 16.5. The van der Waals surface area contributed by atoms with Crippen LogP contribution in [0.4, 0.5) is 0 Å². The Morgan fingerprint density at radius 1 is 1.54 bits per heavy atom. The van der Waals surface area contributed by atoms with Gasteiger partial charge in [0.2, 0.25) is 0 Å². The fraction of sp³-hybridized carbons (Fsp3) is 1.00. The van der Waals surface area contributed by atoms with Gasteiger partial charge in [-0.1, -0.05) is 6.92 Å². The van der Waals surface area contributed by atoms with Crippen LogP contribution in [0.5, 0.6) is 0 Å². The average Bonchev–Trinajstić information content (AvgIpc) is 2.15. The normalized spacial score (nSPS) is 18.2. The molecule has 2 atom stereocenters. The van der Waals surface area contributed by atoms with Crippen LogP contribution in [0.2, 0.25) is 0 Å². The Morgan fingerprint density at radius 3 is 2.54 bits per heavy atom. The number of nitrogens with two attached hydrogens (primary N) is 1. The molecule has 0 saturated heterocycles. The standard InChI is InChI=1S/C10H24N2O/c1-5-10(3,13-4)8-12-9(2)6-7-11/h9,12H,5-8,11H2,1-4H3. The van der Waals surface area contributed by atoms with Gasteiger partial charge in [-0.2, -0.15) is 0 Å². The van der Waals surface area contributed by atoms with E-state index in [2.05, 4.69) is 26.1 Å². The van der Waals surface area contributed by atoms with Crippen LogP contribution >= 0.6 is 0 Å². The molecule has 3 nitrogen and oxygen atoms in total. The molecule has 2 unspecified atom stereocenters. The van der Waals surface area contributed by atoms with Gasteiger partial charge in [-0.05, 0) is 33.2 Å². The first-order chi connectivity index (χ1) is 6.08. The molecule has 0 heterocycles. The molecule has 0 saturated carbocycles. The fourth-order valence-electron chi connectivity index (χ4n) is 1.08. The van der Waals surface area contributed by atoms with Crippen molar-refractivity contribution >= 4 is 0 Å². The number of hydrogen-bond donors (Lipinski definition) is 2. The lowest BCUT2D eigenvalue weighted by atomic mass is 10.0. The summed E-state index contributed by atoms with van der Waals surface area (Å²) in [5.74, 6) is 0. The Hall–Kier alpha value is -0.120. The van der Waals surface area contributed by atoms with Gasteiger partial charge in [0, 0.05) is 19.7 Å². The van der Waals surface area contributed by atoms with Crippen LogP contribution in [0.15, 0.2) is 0 Å². The number of hydrogen-bond acceptors (Lipinski definition) is 3. The third-order valence-electron chi connectivity index (χ3n) is 2.66. The molecule has 0 radical (unpaired) electrons. The number of rotatable bonds is 7. The average molecular weight is 188 g/mol. The summed E-state index contributed by atoms with van der Waals surface area (Å²) >= 11 is 0. The Balaban J connectivity index is 3.71. The molecule has 0 aliphatic heterocycles. The molecular formula is C10H24N2O. The summed E-state index contributed by atoms with van der Waals surface area (Å²) in [6.45, 7) is 8.04. The Morgan fingerprint density at radius 2 is 2.15 bits per heavy atom. The molecule has 0 spiro atoms. The van der Waals surface area contributed by atoms with Gasteiger partial charge in [0.25, 0.3) is 0 Å². The molecule has 0 aliphatic carbocycles. The lowest BCUT2D eigenvalue weighted by Crippen LogP contribution is -2.43. The van der Waals surface area contributed by atoms with Crippen LogP contribution in [0.3, 0.4) is 0 Å². The first-order valence-corrected chi connectivity index (χ1v) is 5.06. The van der Waals surface area contributed by atoms with Gasteiger partial charge in [-0.3, -0.25) is 0 Å². The topological polar surface area (TPSA) is 47.3 Å². The van der Waals surface area contributed by atoms with Gasteiger partial charge in [0.1, 0.15) is 0 Å². The van der Waals surface area contributed by atoms with Crippen molar-refractivity contribution < 1.29 is 4.74 Å². The fourth-order valence-corrected chi connectivity index (χ4v) is 1.08. The molecule has 0 bridgehead atoms. The zero-order valence-electron chi connectivity index (χ0n) is 9.39. The molecular weight excluding hydrogens is 164 g/mol. The Labute approximate surface area is 82.0 Å². The van der Waals surface area contributed by atoms with E-state index in [1.54, 1.807) is 7.11 Å². The predicted octanol–water partition coefficient (Wildman–Crippen LogP) is 1.13. The zero-order chi connectivity index (χ0) is 10.3. The summed E-state index contributed by atoms with van der Waals surface area (Å²) in [5, 5.41) is 3.42. The summed E-state index contributed by atoms with van der Waals surface area (Å²) in [7, 11) is 1.76. The molecule has 3 N–H and O–H groups in total. The number of nitrogens with one attached hydrogen (secondary N) is 1. The van der Waals surface area contributed by atoms with E-state index in [9.17, 15) is 0 Å². The summed E-state index contributed by atoms with van der Waals surface area (Å²) in [6, 6.07) is 0.478. The summed E-state index contributed by atoms with van der Waals surface area (Å²) in [4.78, 5) is 0. The van der Waals surface area contributed by atoms with Gasteiger partial charge in [0.05, 0.1) is 5.60 Å². The highest BCUT2D eigenvalue weighted by Crippen LogP contribution is 2.12. The second-order valence-electron chi connectivity index (χ2n) is 3.87. The van der Waals surface area contributed by atoms with E-state index in [0.29, 0.717) is 6.04 Å².